The van der Waals surface area contributed by atoms with Crippen LogP contribution in [0.3, 0.4) is 0 Å². The van der Waals surface area contributed by atoms with Gasteiger partial charge in [0.05, 0.1) is 0 Å². The number of carbonyl (C=O) groups excluding carboxylic acids is 1. The molecule has 1 rings (SSSR count). The van der Waals surface area contributed by atoms with Crippen molar-refractivity contribution in [3.63, 3.8) is 0 Å². The summed E-state index contributed by atoms with van der Waals surface area (Å²) in [6.45, 7) is 3.37. The van der Waals surface area contributed by atoms with Gasteiger partial charge in [-0.25, -0.2) is 0 Å². The van der Waals surface area contributed by atoms with E-state index in [2.05, 4.69) is 4.72 Å². The Balaban J connectivity index is 2.39. The zero-order chi connectivity index (χ0) is 13.2. The van der Waals surface area contributed by atoms with Crippen LogP contribution in [0.4, 0.5) is 0 Å². The third-order valence-electron chi connectivity index (χ3n) is 2.60. The molecule has 0 fully saturated rings. The highest BCUT2D eigenvalue weighted by Crippen LogP contribution is 2.14. The molecule has 1 aromatic rings. The van der Waals surface area contributed by atoms with Gasteiger partial charge in [0.15, 0.2) is 0 Å². The van der Waals surface area contributed by atoms with Gasteiger partial charge in [0.25, 0.3) is 0 Å². The Hall–Kier alpha value is -1.00. The first-order valence-electron chi connectivity index (χ1n) is 6.25. The summed E-state index contributed by atoms with van der Waals surface area (Å²) in [5, 5.41) is 0. The maximum Gasteiger partial charge on any atom is 0.132 e. The Labute approximate surface area is 113 Å². The van der Waals surface area contributed by atoms with Crippen molar-refractivity contribution in [1.82, 2.24) is 4.72 Å². The molecule has 0 bridgehead atoms. The van der Waals surface area contributed by atoms with Gasteiger partial charge in [-0.1, -0.05) is 31.0 Å². The Kier molecular flexibility index (Phi) is 7.53. The summed E-state index contributed by atoms with van der Waals surface area (Å²) < 4.78 is 8.75. The predicted octanol–water partition coefficient (Wildman–Crippen LogP) is 2.84. The van der Waals surface area contributed by atoms with Crippen LogP contribution in [0, 0.1) is 0 Å². The number of aryl methyl sites for hydroxylation is 1. The van der Waals surface area contributed by atoms with E-state index in [9.17, 15) is 4.79 Å². The van der Waals surface area contributed by atoms with Crippen LogP contribution >= 0.6 is 11.9 Å². The molecule has 0 saturated carbocycles. The fourth-order valence-electron chi connectivity index (χ4n) is 1.56. The van der Waals surface area contributed by atoms with Gasteiger partial charge in [-0.05, 0) is 30.4 Å². The van der Waals surface area contributed by atoms with Gasteiger partial charge in [0.1, 0.15) is 18.1 Å². The minimum atomic E-state index is 0.311. The molecule has 0 spiro atoms. The number of ketones is 1. The summed E-state index contributed by atoms with van der Waals surface area (Å²) in [5.74, 6) is 1.19. The second-order valence-corrected chi connectivity index (χ2v) is 4.68. The molecule has 4 heteroatoms. The van der Waals surface area contributed by atoms with Crippen molar-refractivity contribution in [2.24, 2.45) is 0 Å². The van der Waals surface area contributed by atoms with Gasteiger partial charge in [-0.15, -0.1) is 0 Å². The van der Waals surface area contributed by atoms with Crippen LogP contribution in [0.15, 0.2) is 24.3 Å². The first kappa shape index (κ1) is 15.1. The van der Waals surface area contributed by atoms with E-state index in [1.165, 1.54) is 0 Å². The van der Waals surface area contributed by atoms with Crippen molar-refractivity contribution >= 4 is 17.7 Å². The molecule has 1 N–H and O–H groups in total. The third-order valence-corrected chi connectivity index (χ3v) is 3.10. The molecular formula is C14H21NO2S. The molecule has 0 unspecified atom stereocenters. The van der Waals surface area contributed by atoms with Crippen LogP contribution in [0.2, 0.25) is 0 Å². The zero-order valence-electron chi connectivity index (χ0n) is 11.1. The molecule has 0 amide bonds. The SMILES string of the molecule is CCC(=O)CCc1cccc(OCCNSC)c1. The summed E-state index contributed by atoms with van der Waals surface area (Å²) >= 11 is 1.59. The van der Waals surface area contributed by atoms with Gasteiger partial charge in [0, 0.05) is 19.4 Å². The number of ether oxygens (including phenoxy) is 1. The average Bonchev–Trinajstić information content (AvgIpc) is 2.41. The summed E-state index contributed by atoms with van der Waals surface area (Å²) in [6, 6.07) is 7.98. The molecule has 0 aliphatic heterocycles. The zero-order valence-corrected chi connectivity index (χ0v) is 11.9. The molecular weight excluding hydrogens is 246 g/mol. The van der Waals surface area contributed by atoms with Crippen LogP contribution < -0.4 is 9.46 Å². The minimum absolute atomic E-state index is 0.311. The number of rotatable bonds is 9. The highest BCUT2D eigenvalue weighted by atomic mass is 32.2. The molecule has 0 radical (unpaired) electrons. The maximum absolute atomic E-state index is 11.3. The monoisotopic (exact) mass is 267 g/mol. The Morgan fingerprint density at radius 1 is 1.44 bits per heavy atom. The van der Waals surface area contributed by atoms with E-state index < -0.39 is 0 Å². The first-order chi connectivity index (χ1) is 8.76. The number of hydrogen-bond acceptors (Lipinski definition) is 4. The summed E-state index contributed by atoms with van der Waals surface area (Å²) in [4.78, 5) is 11.3. The number of carbonyl (C=O) groups is 1. The number of Topliss-reactive ketones (excluding diaryl/α,β-unsaturated/α-hetero) is 1. The smallest absolute Gasteiger partial charge is 0.132 e. The molecule has 0 atom stereocenters. The topological polar surface area (TPSA) is 38.3 Å². The van der Waals surface area contributed by atoms with Gasteiger partial charge in [0.2, 0.25) is 0 Å². The van der Waals surface area contributed by atoms with E-state index in [0.29, 0.717) is 25.2 Å². The fraction of sp³-hybridized carbons (Fsp3) is 0.500. The second-order valence-electron chi connectivity index (χ2n) is 3.99. The van der Waals surface area contributed by atoms with Crippen molar-refractivity contribution in [2.75, 3.05) is 19.4 Å². The van der Waals surface area contributed by atoms with E-state index in [1.807, 2.05) is 37.4 Å². The number of hydrogen-bond donors (Lipinski definition) is 1. The van der Waals surface area contributed by atoms with Gasteiger partial charge in [-0.2, -0.15) is 0 Å². The minimum Gasteiger partial charge on any atom is -0.492 e. The third kappa shape index (κ3) is 6.07. The van der Waals surface area contributed by atoms with Gasteiger partial charge < -0.3 is 4.74 Å². The molecule has 0 heterocycles. The highest BCUT2D eigenvalue weighted by molar-refractivity contribution is 7.96. The van der Waals surface area contributed by atoms with Crippen LogP contribution in [0.1, 0.15) is 25.3 Å². The summed E-state index contributed by atoms with van der Waals surface area (Å²) in [7, 11) is 0. The summed E-state index contributed by atoms with van der Waals surface area (Å²) in [5.41, 5.74) is 1.16. The lowest BCUT2D eigenvalue weighted by atomic mass is 10.1. The van der Waals surface area contributed by atoms with Gasteiger partial charge in [-0.3, -0.25) is 9.52 Å². The lowest BCUT2D eigenvalue weighted by molar-refractivity contribution is -0.118. The lowest BCUT2D eigenvalue weighted by Crippen LogP contribution is -2.13. The maximum atomic E-state index is 11.3. The molecule has 0 saturated heterocycles. The van der Waals surface area contributed by atoms with Crippen molar-refractivity contribution in [3.8, 4) is 5.75 Å². The van der Waals surface area contributed by atoms with Crippen LogP contribution in [-0.4, -0.2) is 25.2 Å². The van der Waals surface area contributed by atoms with Crippen molar-refractivity contribution in [1.29, 1.82) is 0 Å². The predicted molar refractivity (Wildman–Crippen MR) is 77.1 cm³/mol. The molecule has 18 heavy (non-hydrogen) atoms. The molecule has 0 aliphatic carbocycles. The highest BCUT2D eigenvalue weighted by Gasteiger charge is 2.01. The summed E-state index contributed by atoms with van der Waals surface area (Å²) in [6.07, 6.45) is 4.03. The van der Waals surface area contributed by atoms with Crippen molar-refractivity contribution in [2.45, 2.75) is 26.2 Å². The van der Waals surface area contributed by atoms with E-state index in [0.717, 1.165) is 24.3 Å². The van der Waals surface area contributed by atoms with Crippen LogP contribution in [0.5, 0.6) is 5.75 Å². The second kappa shape index (κ2) is 9.00. The quantitative estimate of drug-likeness (QED) is 0.551. The van der Waals surface area contributed by atoms with Crippen molar-refractivity contribution < 1.29 is 9.53 Å². The molecule has 0 aromatic heterocycles. The fourth-order valence-corrected chi connectivity index (χ4v) is 1.85. The lowest BCUT2D eigenvalue weighted by Gasteiger charge is -2.08. The Morgan fingerprint density at radius 3 is 3.00 bits per heavy atom. The largest absolute Gasteiger partial charge is 0.492 e. The Bertz CT molecular complexity index is 369. The van der Waals surface area contributed by atoms with Gasteiger partial charge >= 0.3 is 0 Å². The van der Waals surface area contributed by atoms with Crippen molar-refractivity contribution in [3.05, 3.63) is 29.8 Å². The molecule has 1 aromatic carbocycles. The number of benzene rings is 1. The molecule has 0 aliphatic rings. The van der Waals surface area contributed by atoms with E-state index >= 15 is 0 Å². The van der Waals surface area contributed by atoms with E-state index in [4.69, 9.17) is 4.74 Å². The number of nitrogens with one attached hydrogen (secondary N) is 1. The van der Waals surface area contributed by atoms with Crippen LogP contribution in [-0.2, 0) is 11.2 Å². The average molecular weight is 267 g/mol. The standard InChI is InChI=1S/C14H21NO2S/c1-3-13(16)8-7-12-5-4-6-14(11-12)17-10-9-15-18-2/h4-6,11,15H,3,7-10H2,1-2H3. The molecule has 3 nitrogen and oxygen atoms in total. The van der Waals surface area contributed by atoms with E-state index in [1.54, 1.807) is 11.9 Å². The van der Waals surface area contributed by atoms with Crippen LogP contribution in [0.25, 0.3) is 0 Å². The molecule has 100 valence electrons. The first-order valence-corrected chi connectivity index (χ1v) is 7.48. The normalized spacial score (nSPS) is 10.3. The Morgan fingerprint density at radius 2 is 2.28 bits per heavy atom. The van der Waals surface area contributed by atoms with E-state index in [-0.39, 0.29) is 0 Å².